The highest BCUT2D eigenvalue weighted by Gasteiger charge is 2.13. The van der Waals surface area contributed by atoms with Gasteiger partial charge < -0.3 is 15.0 Å². The number of para-hydroxylation sites is 1. The molecule has 0 unspecified atom stereocenters. The van der Waals surface area contributed by atoms with Gasteiger partial charge in [0.25, 0.3) is 5.91 Å². The van der Waals surface area contributed by atoms with Crippen LogP contribution in [0.25, 0.3) is 22.5 Å². The second-order valence-electron chi connectivity index (χ2n) is 9.06. The minimum atomic E-state index is -0.119. The first-order valence-corrected chi connectivity index (χ1v) is 12.7. The number of benzene rings is 3. The molecule has 2 N–H and O–H groups in total. The van der Waals surface area contributed by atoms with Crippen LogP contribution < -0.4 is 15.0 Å². The SMILES string of the molecule is CCOc1ccccc1CNC(=O)c1ccc(-c2cc(-c3ccc(N4CCCCC4)cc3)n[nH]2)cc1. The molecule has 36 heavy (non-hydrogen) atoms. The normalized spacial score (nSPS) is 13.4. The van der Waals surface area contributed by atoms with Crippen LogP contribution in [-0.2, 0) is 6.54 Å². The summed E-state index contributed by atoms with van der Waals surface area (Å²) in [5.74, 6) is 0.679. The second kappa shape index (κ2) is 11.1. The van der Waals surface area contributed by atoms with E-state index in [-0.39, 0.29) is 5.91 Å². The van der Waals surface area contributed by atoms with Gasteiger partial charge in [-0.2, -0.15) is 5.10 Å². The number of piperidine rings is 1. The number of nitrogens with one attached hydrogen (secondary N) is 2. The Balaban J connectivity index is 1.22. The average Bonchev–Trinajstić information content (AvgIpc) is 3.44. The summed E-state index contributed by atoms with van der Waals surface area (Å²) in [6.07, 6.45) is 3.87. The Hall–Kier alpha value is -4.06. The Kier molecular flexibility index (Phi) is 7.31. The molecule has 5 rings (SSSR count). The predicted molar refractivity (Wildman–Crippen MR) is 144 cm³/mol. The Bertz CT molecular complexity index is 1290. The van der Waals surface area contributed by atoms with Gasteiger partial charge in [-0.15, -0.1) is 0 Å². The molecule has 1 fully saturated rings. The molecular weight excluding hydrogens is 448 g/mol. The molecule has 4 aromatic rings. The molecule has 1 aliphatic heterocycles. The van der Waals surface area contributed by atoms with Gasteiger partial charge in [0, 0.05) is 42.0 Å². The van der Waals surface area contributed by atoms with Gasteiger partial charge in [0.2, 0.25) is 0 Å². The zero-order chi connectivity index (χ0) is 24.7. The van der Waals surface area contributed by atoms with Crippen molar-refractivity contribution in [1.29, 1.82) is 0 Å². The number of ether oxygens (including phenoxy) is 1. The fourth-order valence-electron chi connectivity index (χ4n) is 4.64. The number of aromatic nitrogens is 2. The zero-order valence-electron chi connectivity index (χ0n) is 20.7. The fourth-order valence-corrected chi connectivity index (χ4v) is 4.64. The molecule has 0 bridgehead atoms. The second-order valence-corrected chi connectivity index (χ2v) is 9.06. The van der Waals surface area contributed by atoms with E-state index in [1.807, 2.05) is 55.5 Å². The van der Waals surface area contributed by atoms with Crippen molar-refractivity contribution in [3.63, 3.8) is 0 Å². The molecule has 1 aromatic heterocycles. The van der Waals surface area contributed by atoms with E-state index in [0.717, 1.165) is 46.9 Å². The van der Waals surface area contributed by atoms with Crippen molar-refractivity contribution >= 4 is 11.6 Å². The third kappa shape index (κ3) is 5.43. The maximum Gasteiger partial charge on any atom is 0.251 e. The topological polar surface area (TPSA) is 70.2 Å². The highest BCUT2D eigenvalue weighted by atomic mass is 16.5. The molecule has 0 spiro atoms. The van der Waals surface area contributed by atoms with Crippen molar-refractivity contribution in [2.75, 3.05) is 24.6 Å². The number of H-pyrrole nitrogens is 1. The molecule has 3 aromatic carbocycles. The van der Waals surface area contributed by atoms with Gasteiger partial charge in [0.15, 0.2) is 0 Å². The number of nitrogens with zero attached hydrogens (tertiary/aromatic N) is 2. The Morgan fingerprint density at radius 1 is 0.944 bits per heavy atom. The van der Waals surface area contributed by atoms with Gasteiger partial charge in [-0.05, 0) is 68.1 Å². The molecule has 2 heterocycles. The Morgan fingerprint density at radius 2 is 1.67 bits per heavy atom. The first kappa shape index (κ1) is 23.7. The molecule has 0 aliphatic carbocycles. The van der Waals surface area contributed by atoms with Gasteiger partial charge in [0.05, 0.1) is 18.0 Å². The molecule has 6 nitrogen and oxygen atoms in total. The van der Waals surface area contributed by atoms with Crippen LogP contribution >= 0.6 is 0 Å². The lowest BCUT2D eigenvalue weighted by Gasteiger charge is -2.28. The maximum absolute atomic E-state index is 12.7. The van der Waals surface area contributed by atoms with Gasteiger partial charge in [-0.25, -0.2) is 0 Å². The van der Waals surface area contributed by atoms with E-state index >= 15 is 0 Å². The molecule has 0 atom stereocenters. The van der Waals surface area contributed by atoms with Gasteiger partial charge >= 0.3 is 0 Å². The molecule has 6 heteroatoms. The number of anilines is 1. The fraction of sp³-hybridized carbons (Fsp3) is 0.267. The van der Waals surface area contributed by atoms with E-state index in [4.69, 9.17) is 4.74 Å². The monoisotopic (exact) mass is 480 g/mol. The van der Waals surface area contributed by atoms with Crippen molar-refractivity contribution in [1.82, 2.24) is 15.5 Å². The van der Waals surface area contributed by atoms with E-state index in [9.17, 15) is 4.79 Å². The zero-order valence-corrected chi connectivity index (χ0v) is 20.7. The Labute approximate surface area is 212 Å². The minimum Gasteiger partial charge on any atom is -0.494 e. The third-order valence-corrected chi connectivity index (χ3v) is 6.63. The largest absolute Gasteiger partial charge is 0.494 e. The summed E-state index contributed by atoms with van der Waals surface area (Å²) in [4.78, 5) is 15.1. The minimum absolute atomic E-state index is 0.119. The first-order valence-electron chi connectivity index (χ1n) is 12.7. The van der Waals surface area contributed by atoms with Crippen LogP contribution in [0.15, 0.2) is 78.9 Å². The van der Waals surface area contributed by atoms with E-state index in [2.05, 4.69) is 50.7 Å². The summed E-state index contributed by atoms with van der Waals surface area (Å²) in [7, 11) is 0. The van der Waals surface area contributed by atoms with Crippen LogP contribution in [0.5, 0.6) is 5.75 Å². The number of hydrogen-bond acceptors (Lipinski definition) is 4. The first-order chi connectivity index (χ1) is 17.7. The number of carbonyl (C=O) groups excluding carboxylic acids is 1. The molecule has 184 valence electrons. The quantitative estimate of drug-likeness (QED) is 0.321. The van der Waals surface area contributed by atoms with Crippen molar-refractivity contribution in [2.24, 2.45) is 0 Å². The van der Waals surface area contributed by atoms with Crippen LogP contribution in [0.4, 0.5) is 5.69 Å². The van der Waals surface area contributed by atoms with Crippen molar-refractivity contribution in [2.45, 2.75) is 32.7 Å². The molecule has 1 amide bonds. The summed E-state index contributed by atoms with van der Waals surface area (Å²) in [5, 5.41) is 10.6. The van der Waals surface area contributed by atoms with Crippen LogP contribution in [0.3, 0.4) is 0 Å². The van der Waals surface area contributed by atoms with Gasteiger partial charge in [0.1, 0.15) is 5.75 Å². The van der Waals surface area contributed by atoms with Crippen molar-refractivity contribution in [3.05, 3.63) is 90.0 Å². The molecule has 1 saturated heterocycles. The maximum atomic E-state index is 12.7. The third-order valence-electron chi connectivity index (χ3n) is 6.63. The lowest BCUT2D eigenvalue weighted by atomic mass is 10.1. The number of aromatic amines is 1. The van der Waals surface area contributed by atoms with Gasteiger partial charge in [-0.3, -0.25) is 9.89 Å². The highest BCUT2D eigenvalue weighted by Crippen LogP contribution is 2.27. The lowest BCUT2D eigenvalue weighted by molar-refractivity contribution is 0.0950. The van der Waals surface area contributed by atoms with E-state index in [1.54, 1.807) is 0 Å². The number of rotatable bonds is 8. The van der Waals surface area contributed by atoms with Crippen LogP contribution in [0, 0.1) is 0 Å². The number of carbonyl (C=O) groups is 1. The highest BCUT2D eigenvalue weighted by molar-refractivity contribution is 5.94. The molecule has 1 aliphatic rings. The summed E-state index contributed by atoms with van der Waals surface area (Å²) in [6, 6.07) is 26.0. The van der Waals surface area contributed by atoms with Crippen molar-refractivity contribution < 1.29 is 9.53 Å². The summed E-state index contributed by atoms with van der Waals surface area (Å²) in [6.45, 7) is 5.23. The number of amides is 1. The number of hydrogen-bond donors (Lipinski definition) is 2. The van der Waals surface area contributed by atoms with E-state index in [0.29, 0.717) is 18.7 Å². The lowest BCUT2D eigenvalue weighted by Crippen LogP contribution is -2.29. The van der Waals surface area contributed by atoms with Crippen LogP contribution in [0.2, 0.25) is 0 Å². The summed E-state index contributed by atoms with van der Waals surface area (Å²) in [5.41, 5.74) is 6.75. The average molecular weight is 481 g/mol. The molecule has 0 radical (unpaired) electrons. The summed E-state index contributed by atoms with van der Waals surface area (Å²) < 4.78 is 5.64. The standard InChI is InChI=1S/C30H32N4O2/c1-2-36-29-9-5-4-8-25(29)21-31-30(35)24-12-10-22(11-13-24)27-20-28(33-32-27)23-14-16-26(17-15-23)34-18-6-3-7-19-34/h4-5,8-17,20H,2-3,6-7,18-19,21H2,1H3,(H,31,35)(H,32,33). The molecule has 0 saturated carbocycles. The molecular formula is C30H32N4O2. The Morgan fingerprint density at radius 3 is 2.42 bits per heavy atom. The van der Waals surface area contributed by atoms with Gasteiger partial charge in [-0.1, -0.05) is 42.5 Å². The van der Waals surface area contributed by atoms with E-state index in [1.165, 1.54) is 24.9 Å². The van der Waals surface area contributed by atoms with Crippen molar-refractivity contribution in [3.8, 4) is 28.3 Å². The van der Waals surface area contributed by atoms with E-state index < -0.39 is 0 Å². The predicted octanol–water partition coefficient (Wildman–Crippen LogP) is 6.06. The van der Waals surface area contributed by atoms with Crippen LogP contribution in [0.1, 0.15) is 42.1 Å². The van der Waals surface area contributed by atoms with Crippen LogP contribution in [-0.4, -0.2) is 35.8 Å². The summed E-state index contributed by atoms with van der Waals surface area (Å²) >= 11 is 0. The smallest absolute Gasteiger partial charge is 0.251 e.